The predicted octanol–water partition coefficient (Wildman–Crippen LogP) is 5.34. The van der Waals surface area contributed by atoms with E-state index in [1.807, 2.05) is 12.1 Å². The van der Waals surface area contributed by atoms with E-state index in [1.54, 1.807) is 18.4 Å². The summed E-state index contributed by atoms with van der Waals surface area (Å²) in [7, 11) is 1.69. The first kappa shape index (κ1) is 11.8. The summed E-state index contributed by atoms with van der Waals surface area (Å²) in [6.07, 6.45) is 0. The second-order valence-corrected chi connectivity index (χ2v) is 5.76. The highest BCUT2D eigenvalue weighted by Gasteiger charge is 2.10. The second-order valence-electron chi connectivity index (χ2n) is 3.99. The van der Waals surface area contributed by atoms with Crippen LogP contribution in [0.15, 0.2) is 52.3 Å². The fourth-order valence-corrected chi connectivity index (χ4v) is 3.45. The van der Waals surface area contributed by atoms with Gasteiger partial charge in [-0.3, -0.25) is 0 Å². The average Bonchev–Trinajstić information content (AvgIpc) is 2.83. The Morgan fingerprint density at radius 1 is 1.06 bits per heavy atom. The third-order valence-electron chi connectivity index (χ3n) is 2.94. The zero-order valence-corrected chi connectivity index (χ0v) is 12.2. The molecule has 0 amide bonds. The van der Waals surface area contributed by atoms with Crippen LogP contribution >= 0.6 is 27.3 Å². The Hall–Kier alpha value is -1.32. The maximum Gasteiger partial charge on any atom is 0.119 e. The molecule has 0 saturated carbocycles. The van der Waals surface area contributed by atoms with Crippen molar-refractivity contribution in [1.29, 1.82) is 0 Å². The van der Waals surface area contributed by atoms with Gasteiger partial charge >= 0.3 is 0 Å². The van der Waals surface area contributed by atoms with E-state index < -0.39 is 0 Å². The Morgan fingerprint density at radius 2 is 1.89 bits per heavy atom. The Balaban J connectivity index is 2.25. The molecule has 0 spiro atoms. The van der Waals surface area contributed by atoms with Crippen molar-refractivity contribution >= 4 is 37.4 Å². The first-order valence-electron chi connectivity index (χ1n) is 5.60. The quantitative estimate of drug-likeness (QED) is 0.619. The third-order valence-corrected chi connectivity index (χ3v) is 4.60. The molecule has 3 rings (SSSR count). The van der Waals surface area contributed by atoms with Crippen molar-refractivity contribution in [2.45, 2.75) is 0 Å². The standard InChI is InChI=1S/C15H11BrOS/c1-17-10-6-7-14(16)12(8-10)13-9-18-15-5-3-2-4-11(13)15/h2-9H,1H3. The van der Waals surface area contributed by atoms with Crippen molar-refractivity contribution in [2.24, 2.45) is 0 Å². The topological polar surface area (TPSA) is 9.23 Å². The molecule has 0 radical (unpaired) electrons. The molecule has 90 valence electrons. The molecular formula is C15H11BrOS. The molecule has 0 unspecified atom stereocenters. The lowest BCUT2D eigenvalue weighted by molar-refractivity contribution is 0.415. The Labute approximate surface area is 118 Å². The molecule has 0 aliphatic carbocycles. The fraction of sp³-hybridized carbons (Fsp3) is 0.0667. The van der Waals surface area contributed by atoms with Crippen LogP contribution in [0.3, 0.4) is 0 Å². The summed E-state index contributed by atoms with van der Waals surface area (Å²) in [6, 6.07) is 14.5. The van der Waals surface area contributed by atoms with Gasteiger partial charge in [0, 0.05) is 25.7 Å². The zero-order valence-electron chi connectivity index (χ0n) is 9.81. The summed E-state index contributed by atoms with van der Waals surface area (Å²) < 4.78 is 7.70. The molecule has 0 saturated heterocycles. The van der Waals surface area contributed by atoms with Crippen LogP contribution in [-0.2, 0) is 0 Å². The van der Waals surface area contributed by atoms with Crippen LogP contribution in [0.1, 0.15) is 0 Å². The number of hydrogen-bond donors (Lipinski definition) is 0. The largest absolute Gasteiger partial charge is 0.497 e. The van der Waals surface area contributed by atoms with E-state index in [9.17, 15) is 0 Å². The summed E-state index contributed by atoms with van der Waals surface area (Å²) in [4.78, 5) is 0. The van der Waals surface area contributed by atoms with E-state index in [2.05, 4.69) is 51.6 Å². The Kier molecular flexibility index (Phi) is 3.10. The number of rotatable bonds is 2. The highest BCUT2D eigenvalue weighted by Crippen LogP contribution is 2.38. The van der Waals surface area contributed by atoms with E-state index in [4.69, 9.17) is 4.74 Å². The van der Waals surface area contributed by atoms with E-state index in [0.717, 1.165) is 10.2 Å². The van der Waals surface area contributed by atoms with Crippen molar-refractivity contribution in [2.75, 3.05) is 7.11 Å². The number of ether oxygens (including phenoxy) is 1. The molecule has 0 aliphatic heterocycles. The van der Waals surface area contributed by atoms with E-state index in [0.29, 0.717) is 0 Å². The van der Waals surface area contributed by atoms with Gasteiger partial charge in [0.05, 0.1) is 7.11 Å². The monoisotopic (exact) mass is 318 g/mol. The number of methoxy groups -OCH3 is 1. The number of benzene rings is 2. The van der Waals surface area contributed by atoms with Crippen molar-refractivity contribution in [1.82, 2.24) is 0 Å². The Bertz CT molecular complexity index is 703. The van der Waals surface area contributed by atoms with Crippen LogP contribution in [0, 0.1) is 0 Å². The highest BCUT2D eigenvalue weighted by atomic mass is 79.9. The van der Waals surface area contributed by atoms with Gasteiger partial charge in [0.15, 0.2) is 0 Å². The highest BCUT2D eigenvalue weighted by molar-refractivity contribution is 9.10. The number of thiophene rings is 1. The summed E-state index contributed by atoms with van der Waals surface area (Å²) in [5, 5.41) is 3.49. The van der Waals surface area contributed by atoms with Gasteiger partial charge in [-0.05, 0) is 29.6 Å². The van der Waals surface area contributed by atoms with Crippen LogP contribution in [0.2, 0.25) is 0 Å². The Morgan fingerprint density at radius 3 is 2.72 bits per heavy atom. The molecule has 0 atom stereocenters. The molecule has 3 heteroatoms. The SMILES string of the molecule is COc1ccc(Br)c(-c2csc3ccccc23)c1. The molecule has 18 heavy (non-hydrogen) atoms. The minimum atomic E-state index is 0.878. The zero-order chi connectivity index (χ0) is 12.5. The van der Waals surface area contributed by atoms with Crippen LogP contribution in [0.5, 0.6) is 5.75 Å². The first-order valence-corrected chi connectivity index (χ1v) is 7.27. The van der Waals surface area contributed by atoms with Crippen LogP contribution in [0.25, 0.3) is 21.2 Å². The van der Waals surface area contributed by atoms with E-state index >= 15 is 0 Å². The molecule has 0 aliphatic rings. The molecule has 0 bridgehead atoms. The lowest BCUT2D eigenvalue weighted by Gasteiger charge is -2.06. The predicted molar refractivity (Wildman–Crippen MR) is 81.5 cm³/mol. The maximum absolute atomic E-state index is 5.30. The van der Waals surface area contributed by atoms with Gasteiger partial charge < -0.3 is 4.74 Å². The van der Waals surface area contributed by atoms with Crippen molar-refractivity contribution in [3.05, 3.63) is 52.3 Å². The molecule has 1 aromatic heterocycles. The molecular weight excluding hydrogens is 308 g/mol. The molecule has 0 N–H and O–H groups in total. The van der Waals surface area contributed by atoms with Crippen molar-refractivity contribution in [3.8, 4) is 16.9 Å². The van der Waals surface area contributed by atoms with Crippen LogP contribution in [0.4, 0.5) is 0 Å². The molecule has 0 fully saturated rings. The van der Waals surface area contributed by atoms with E-state index in [1.165, 1.54) is 21.2 Å². The van der Waals surface area contributed by atoms with Gasteiger partial charge in [0.25, 0.3) is 0 Å². The van der Waals surface area contributed by atoms with Crippen molar-refractivity contribution < 1.29 is 4.74 Å². The van der Waals surface area contributed by atoms with Crippen molar-refractivity contribution in [3.63, 3.8) is 0 Å². The van der Waals surface area contributed by atoms with Gasteiger partial charge in [-0.1, -0.05) is 34.1 Å². The first-order chi connectivity index (χ1) is 8.79. The van der Waals surface area contributed by atoms with Gasteiger partial charge in [-0.2, -0.15) is 0 Å². The minimum Gasteiger partial charge on any atom is -0.497 e. The van der Waals surface area contributed by atoms with Crippen LogP contribution in [-0.4, -0.2) is 7.11 Å². The molecule has 1 nitrogen and oxygen atoms in total. The lowest BCUT2D eigenvalue weighted by Crippen LogP contribution is -1.84. The lowest BCUT2D eigenvalue weighted by atomic mass is 10.0. The molecule has 1 heterocycles. The van der Waals surface area contributed by atoms with Gasteiger partial charge in [-0.25, -0.2) is 0 Å². The van der Waals surface area contributed by atoms with Gasteiger partial charge in [0.1, 0.15) is 5.75 Å². The summed E-state index contributed by atoms with van der Waals surface area (Å²) in [5.74, 6) is 0.878. The minimum absolute atomic E-state index is 0.878. The molecule has 2 aromatic carbocycles. The summed E-state index contributed by atoms with van der Waals surface area (Å²) in [6.45, 7) is 0. The second kappa shape index (κ2) is 4.75. The summed E-state index contributed by atoms with van der Waals surface area (Å²) >= 11 is 5.39. The number of halogens is 1. The average molecular weight is 319 g/mol. The fourth-order valence-electron chi connectivity index (χ4n) is 2.02. The van der Waals surface area contributed by atoms with Gasteiger partial charge in [0.2, 0.25) is 0 Å². The van der Waals surface area contributed by atoms with Crippen LogP contribution < -0.4 is 4.74 Å². The smallest absolute Gasteiger partial charge is 0.119 e. The third kappa shape index (κ3) is 1.93. The maximum atomic E-state index is 5.30. The van der Waals surface area contributed by atoms with E-state index in [-0.39, 0.29) is 0 Å². The number of fused-ring (bicyclic) bond motifs is 1. The number of hydrogen-bond acceptors (Lipinski definition) is 2. The normalized spacial score (nSPS) is 10.8. The van der Waals surface area contributed by atoms with Gasteiger partial charge in [-0.15, -0.1) is 11.3 Å². The molecule has 3 aromatic rings. The summed E-state index contributed by atoms with van der Waals surface area (Å²) in [5.41, 5.74) is 2.42.